The summed E-state index contributed by atoms with van der Waals surface area (Å²) in [6, 6.07) is 13.9. The van der Waals surface area contributed by atoms with Gasteiger partial charge in [-0.3, -0.25) is 4.79 Å². The number of anilines is 1. The Morgan fingerprint density at radius 1 is 1.09 bits per heavy atom. The standard InChI is InChI=1S/C20H25NO2/c1-14-5-9-17(10-6-14)20(3,4)12-19(23)21-18-11-16(13-22)8-7-15(18)2/h5-11,22H,12-13H2,1-4H3,(H,21,23). The van der Waals surface area contributed by atoms with E-state index in [1.165, 1.54) is 5.56 Å². The molecule has 1 amide bonds. The Kier molecular flexibility index (Phi) is 5.22. The highest BCUT2D eigenvalue weighted by atomic mass is 16.3. The zero-order valence-corrected chi connectivity index (χ0v) is 14.3. The molecule has 122 valence electrons. The average Bonchev–Trinajstić information content (AvgIpc) is 2.49. The number of carbonyl (C=O) groups is 1. The minimum Gasteiger partial charge on any atom is -0.392 e. The Morgan fingerprint density at radius 3 is 2.35 bits per heavy atom. The van der Waals surface area contributed by atoms with Crippen LogP contribution in [0, 0.1) is 13.8 Å². The van der Waals surface area contributed by atoms with Crippen molar-refractivity contribution in [1.82, 2.24) is 0 Å². The predicted octanol–water partition coefficient (Wildman–Crippen LogP) is 4.10. The van der Waals surface area contributed by atoms with Gasteiger partial charge in [-0.2, -0.15) is 0 Å². The number of carbonyl (C=O) groups excluding carboxylic acids is 1. The summed E-state index contributed by atoms with van der Waals surface area (Å²) < 4.78 is 0. The van der Waals surface area contributed by atoms with Crippen molar-refractivity contribution in [2.75, 3.05) is 5.32 Å². The topological polar surface area (TPSA) is 49.3 Å². The first-order valence-corrected chi connectivity index (χ1v) is 7.89. The number of aryl methyl sites for hydroxylation is 2. The zero-order chi connectivity index (χ0) is 17.0. The first-order chi connectivity index (χ1) is 10.8. The lowest BCUT2D eigenvalue weighted by Crippen LogP contribution is -2.26. The van der Waals surface area contributed by atoms with E-state index in [1.54, 1.807) is 0 Å². The maximum absolute atomic E-state index is 12.4. The highest BCUT2D eigenvalue weighted by Gasteiger charge is 2.24. The van der Waals surface area contributed by atoms with Crippen molar-refractivity contribution < 1.29 is 9.90 Å². The summed E-state index contributed by atoms with van der Waals surface area (Å²) in [6.45, 7) is 8.13. The highest BCUT2D eigenvalue weighted by Crippen LogP contribution is 2.28. The molecule has 2 aromatic carbocycles. The molecular weight excluding hydrogens is 286 g/mol. The molecule has 0 saturated carbocycles. The van der Waals surface area contributed by atoms with Crippen molar-refractivity contribution in [2.24, 2.45) is 0 Å². The van der Waals surface area contributed by atoms with E-state index in [1.807, 2.05) is 25.1 Å². The molecule has 0 radical (unpaired) electrons. The van der Waals surface area contributed by atoms with E-state index < -0.39 is 0 Å². The fourth-order valence-electron chi connectivity index (χ4n) is 2.60. The number of rotatable bonds is 5. The Hall–Kier alpha value is -2.13. The summed E-state index contributed by atoms with van der Waals surface area (Å²) in [6.07, 6.45) is 0.402. The van der Waals surface area contributed by atoms with Crippen LogP contribution in [0.1, 0.15) is 42.5 Å². The van der Waals surface area contributed by atoms with Crippen LogP contribution < -0.4 is 5.32 Å². The molecule has 0 bridgehead atoms. The first kappa shape index (κ1) is 17.2. The Bertz CT molecular complexity index is 687. The molecule has 0 aromatic heterocycles. The number of nitrogens with one attached hydrogen (secondary N) is 1. The third-order valence-corrected chi connectivity index (χ3v) is 4.19. The lowest BCUT2D eigenvalue weighted by Gasteiger charge is -2.25. The molecule has 0 aliphatic heterocycles. The number of benzene rings is 2. The number of amides is 1. The molecule has 3 heteroatoms. The van der Waals surface area contributed by atoms with Crippen LogP contribution >= 0.6 is 0 Å². The maximum atomic E-state index is 12.4. The quantitative estimate of drug-likeness (QED) is 0.873. The van der Waals surface area contributed by atoms with E-state index in [0.29, 0.717) is 6.42 Å². The van der Waals surface area contributed by atoms with Gasteiger partial charge in [0.2, 0.25) is 5.91 Å². The number of hydrogen-bond acceptors (Lipinski definition) is 2. The Balaban J connectivity index is 2.11. The molecule has 0 aliphatic rings. The van der Waals surface area contributed by atoms with Crippen molar-refractivity contribution >= 4 is 11.6 Å². The zero-order valence-electron chi connectivity index (χ0n) is 14.3. The highest BCUT2D eigenvalue weighted by molar-refractivity contribution is 5.92. The van der Waals surface area contributed by atoms with Crippen molar-refractivity contribution in [3.05, 3.63) is 64.7 Å². The molecule has 0 spiro atoms. The first-order valence-electron chi connectivity index (χ1n) is 7.89. The Labute approximate surface area is 138 Å². The summed E-state index contributed by atoms with van der Waals surface area (Å²) >= 11 is 0. The predicted molar refractivity (Wildman–Crippen MR) is 94.6 cm³/mol. The summed E-state index contributed by atoms with van der Waals surface area (Å²) in [4.78, 5) is 12.4. The number of hydrogen-bond donors (Lipinski definition) is 2. The molecule has 0 unspecified atom stereocenters. The fourth-order valence-corrected chi connectivity index (χ4v) is 2.60. The van der Waals surface area contributed by atoms with Crippen LogP contribution in [0.4, 0.5) is 5.69 Å². The van der Waals surface area contributed by atoms with Gasteiger partial charge in [-0.05, 0) is 42.0 Å². The summed E-state index contributed by atoms with van der Waals surface area (Å²) in [5.41, 5.74) is 4.68. The summed E-state index contributed by atoms with van der Waals surface area (Å²) in [7, 11) is 0. The molecule has 2 N–H and O–H groups in total. The van der Waals surface area contributed by atoms with Crippen molar-refractivity contribution in [2.45, 2.75) is 46.1 Å². The van der Waals surface area contributed by atoms with E-state index in [0.717, 1.165) is 22.4 Å². The van der Waals surface area contributed by atoms with Gasteiger partial charge >= 0.3 is 0 Å². The van der Waals surface area contributed by atoms with Crippen LogP contribution in [0.25, 0.3) is 0 Å². The van der Waals surface area contributed by atoms with Gasteiger partial charge in [-0.1, -0.05) is 55.8 Å². The lowest BCUT2D eigenvalue weighted by atomic mass is 9.81. The van der Waals surface area contributed by atoms with Gasteiger partial charge in [0.15, 0.2) is 0 Å². The smallest absolute Gasteiger partial charge is 0.225 e. The van der Waals surface area contributed by atoms with Gasteiger partial charge in [0, 0.05) is 12.1 Å². The average molecular weight is 311 g/mol. The van der Waals surface area contributed by atoms with E-state index in [-0.39, 0.29) is 17.9 Å². The van der Waals surface area contributed by atoms with Crippen molar-refractivity contribution in [3.63, 3.8) is 0 Å². The van der Waals surface area contributed by atoms with Crippen LogP contribution in [-0.2, 0) is 16.8 Å². The minimum atomic E-state index is -0.236. The van der Waals surface area contributed by atoms with Gasteiger partial charge in [0.25, 0.3) is 0 Å². The normalized spacial score (nSPS) is 11.3. The molecule has 2 rings (SSSR count). The Morgan fingerprint density at radius 2 is 1.74 bits per heavy atom. The third kappa shape index (κ3) is 4.42. The van der Waals surface area contributed by atoms with Gasteiger partial charge < -0.3 is 10.4 Å². The van der Waals surface area contributed by atoms with E-state index >= 15 is 0 Å². The largest absolute Gasteiger partial charge is 0.392 e. The minimum absolute atomic E-state index is 0.0197. The van der Waals surface area contributed by atoms with Crippen LogP contribution in [0.15, 0.2) is 42.5 Å². The summed E-state index contributed by atoms with van der Waals surface area (Å²) in [5, 5.41) is 12.2. The molecule has 0 saturated heterocycles. The molecule has 3 nitrogen and oxygen atoms in total. The van der Waals surface area contributed by atoms with Crippen molar-refractivity contribution in [1.29, 1.82) is 0 Å². The molecule has 0 aliphatic carbocycles. The molecule has 23 heavy (non-hydrogen) atoms. The second-order valence-corrected chi connectivity index (χ2v) is 6.78. The SMILES string of the molecule is Cc1ccc(C(C)(C)CC(=O)Nc2cc(CO)ccc2C)cc1. The van der Waals surface area contributed by atoms with Crippen LogP contribution in [-0.4, -0.2) is 11.0 Å². The van der Waals surface area contributed by atoms with Gasteiger partial charge in [0.05, 0.1) is 6.61 Å². The maximum Gasteiger partial charge on any atom is 0.225 e. The van der Waals surface area contributed by atoms with Crippen molar-refractivity contribution in [3.8, 4) is 0 Å². The second kappa shape index (κ2) is 6.97. The van der Waals surface area contributed by atoms with Gasteiger partial charge in [-0.15, -0.1) is 0 Å². The van der Waals surface area contributed by atoms with E-state index in [2.05, 4.69) is 50.4 Å². The molecule has 0 heterocycles. The molecule has 0 fully saturated rings. The number of aliphatic hydroxyl groups is 1. The second-order valence-electron chi connectivity index (χ2n) is 6.78. The van der Waals surface area contributed by atoms with E-state index in [4.69, 9.17) is 0 Å². The lowest BCUT2D eigenvalue weighted by molar-refractivity contribution is -0.117. The van der Waals surface area contributed by atoms with Gasteiger partial charge in [-0.25, -0.2) is 0 Å². The number of aliphatic hydroxyl groups excluding tert-OH is 1. The molecular formula is C20H25NO2. The molecule has 0 atom stereocenters. The van der Waals surface area contributed by atoms with Crippen LogP contribution in [0.3, 0.4) is 0 Å². The third-order valence-electron chi connectivity index (χ3n) is 4.19. The van der Waals surface area contributed by atoms with Crippen LogP contribution in [0.2, 0.25) is 0 Å². The summed E-state index contributed by atoms with van der Waals surface area (Å²) in [5.74, 6) is -0.0197. The fraction of sp³-hybridized carbons (Fsp3) is 0.350. The monoisotopic (exact) mass is 311 g/mol. The van der Waals surface area contributed by atoms with E-state index in [9.17, 15) is 9.90 Å². The van der Waals surface area contributed by atoms with Gasteiger partial charge in [0.1, 0.15) is 0 Å². The molecule has 2 aromatic rings. The van der Waals surface area contributed by atoms with Crippen LogP contribution in [0.5, 0.6) is 0 Å².